The highest BCUT2D eigenvalue weighted by Gasteiger charge is 2.15. The van der Waals surface area contributed by atoms with Crippen LogP contribution in [0.1, 0.15) is 29.8 Å². The van der Waals surface area contributed by atoms with Gasteiger partial charge in [-0.1, -0.05) is 11.6 Å². The summed E-state index contributed by atoms with van der Waals surface area (Å²) in [5, 5.41) is 3.23. The van der Waals surface area contributed by atoms with Gasteiger partial charge < -0.3 is 10.1 Å². The van der Waals surface area contributed by atoms with Crippen molar-refractivity contribution in [2.24, 2.45) is 0 Å². The van der Waals surface area contributed by atoms with E-state index in [1.807, 2.05) is 26.8 Å². The molecule has 5 heteroatoms. The molecule has 4 nitrogen and oxygen atoms in total. The Morgan fingerprint density at radius 2 is 2.05 bits per heavy atom. The van der Waals surface area contributed by atoms with E-state index in [1.165, 1.54) is 0 Å². The predicted octanol–water partition coefficient (Wildman–Crippen LogP) is 4.08. The van der Waals surface area contributed by atoms with E-state index in [0.717, 1.165) is 5.56 Å². The number of amides is 1. The van der Waals surface area contributed by atoms with Crippen LogP contribution in [0.5, 0.6) is 5.75 Å². The summed E-state index contributed by atoms with van der Waals surface area (Å²) < 4.78 is 5.64. The minimum absolute atomic E-state index is 0.0326. The number of aryl methyl sites for hydroxylation is 1. The Balaban J connectivity index is 2.27. The average molecular weight is 305 g/mol. The van der Waals surface area contributed by atoms with Gasteiger partial charge in [-0.3, -0.25) is 4.79 Å². The van der Waals surface area contributed by atoms with Gasteiger partial charge in [0, 0.05) is 11.2 Å². The Bertz CT molecular complexity index is 656. The fraction of sp³-hybridized carbons (Fsp3) is 0.250. The van der Waals surface area contributed by atoms with E-state index in [0.29, 0.717) is 22.2 Å². The maximum atomic E-state index is 12.4. The Kier molecular flexibility index (Phi) is 4.81. The molecule has 1 aromatic heterocycles. The van der Waals surface area contributed by atoms with Crippen molar-refractivity contribution in [1.82, 2.24) is 4.98 Å². The molecule has 0 spiro atoms. The van der Waals surface area contributed by atoms with E-state index in [9.17, 15) is 4.79 Å². The molecule has 0 unspecified atom stereocenters. The zero-order chi connectivity index (χ0) is 15.4. The largest absolute Gasteiger partial charge is 0.490 e. The van der Waals surface area contributed by atoms with Gasteiger partial charge >= 0.3 is 0 Å². The molecular weight excluding hydrogens is 288 g/mol. The number of hydrogen-bond acceptors (Lipinski definition) is 3. The number of benzene rings is 1. The van der Waals surface area contributed by atoms with Crippen molar-refractivity contribution in [3.63, 3.8) is 0 Å². The first kappa shape index (κ1) is 15.3. The minimum atomic E-state index is -0.300. The van der Waals surface area contributed by atoms with Crippen molar-refractivity contribution < 1.29 is 9.53 Å². The number of nitrogens with one attached hydrogen (secondary N) is 1. The van der Waals surface area contributed by atoms with Crippen LogP contribution in [0, 0.1) is 6.92 Å². The Hall–Kier alpha value is -2.07. The topological polar surface area (TPSA) is 51.2 Å². The molecule has 0 aliphatic carbocycles. The Morgan fingerprint density at radius 1 is 1.29 bits per heavy atom. The zero-order valence-electron chi connectivity index (χ0n) is 12.2. The van der Waals surface area contributed by atoms with Gasteiger partial charge in [-0.05, 0) is 56.7 Å². The highest BCUT2D eigenvalue weighted by atomic mass is 35.5. The summed E-state index contributed by atoms with van der Waals surface area (Å²) in [6.07, 6.45) is 1.61. The number of pyridine rings is 1. The highest BCUT2D eigenvalue weighted by molar-refractivity contribution is 6.31. The molecule has 0 saturated heterocycles. The maximum Gasteiger partial charge on any atom is 0.260 e. The molecule has 0 radical (unpaired) electrons. The molecular formula is C16H17ClN2O2. The second-order valence-corrected chi connectivity index (χ2v) is 5.42. The first-order chi connectivity index (χ1) is 9.95. The van der Waals surface area contributed by atoms with Crippen molar-refractivity contribution in [3.05, 3.63) is 52.7 Å². The number of carbonyl (C=O) groups excluding carboxylic acids is 1. The second-order valence-electron chi connectivity index (χ2n) is 4.98. The summed E-state index contributed by atoms with van der Waals surface area (Å²) in [7, 11) is 0. The first-order valence-electron chi connectivity index (χ1n) is 6.66. The van der Waals surface area contributed by atoms with Gasteiger partial charge in [0.1, 0.15) is 11.6 Å². The lowest BCUT2D eigenvalue weighted by atomic mass is 10.2. The Labute approximate surface area is 129 Å². The molecule has 0 atom stereocenters. The van der Waals surface area contributed by atoms with Crippen LogP contribution in [-0.4, -0.2) is 17.0 Å². The standard InChI is InChI=1S/C16H17ClN2O2/c1-10(2)21-14-5-4-12(17)9-13(14)16(20)19-15-8-11(3)6-7-18-15/h4-10H,1-3H3,(H,18,19,20). The third-order valence-electron chi connectivity index (χ3n) is 2.71. The average Bonchev–Trinajstić information content (AvgIpc) is 2.40. The molecule has 0 saturated carbocycles. The van der Waals surface area contributed by atoms with Gasteiger partial charge in [-0.25, -0.2) is 4.98 Å². The summed E-state index contributed by atoms with van der Waals surface area (Å²) >= 11 is 5.97. The van der Waals surface area contributed by atoms with Crippen LogP contribution in [-0.2, 0) is 0 Å². The zero-order valence-corrected chi connectivity index (χ0v) is 12.9. The van der Waals surface area contributed by atoms with E-state index in [4.69, 9.17) is 16.3 Å². The van der Waals surface area contributed by atoms with Crippen LogP contribution < -0.4 is 10.1 Å². The quantitative estimate of drug-likeness (QED) is 0.926. The number of aromatic nitrogens is 1. The molecule has 110 valence electrons. The van der Waals surface area contributed by atoms with Gasteiger partial charge in [0.2, 0.25) is 0 Å². The molecule has 0 bridgehead atoms. The van der Waals surface area contributed by atoms with Gasteiger partial charge in [0.05, 0.1) is 11.7 Å². The lowest BCUT2D eigenvalue weighted by Crippen LogP contribution is -2.16. The molecule has 1 heterocycles. The van der Waals surface area contributed by atoms with Gasteiger partial charge in [0.15, 0.2) is 0 Å². The number of hydrogen-bond donors (Lipinski definition) is 1. The summed E-state index contributed by atoms with van der Waals surface area (Å²) in [5.41, 5.74) is 1.41. The van der Waals surface area contributed by atoms with Crippen molar-refractivity contribution in [3.8, 4) is 5.75 Å². The fourth-order valence-electron chi connectivity index (χ4n) is 1.82. The summed E-state index contributed by atoms with van der Waals surface area (Å²) in [4.78, 5) is 16.5. The molecule has 21 heavy (non-hydrogen) atoms. The number of nitrogens with zero attached hydrogens (tertiary/aromatic N) is 1. The lowest BCUT2D eigenvalue weighted by molar-refractivity contribution is 0.102. The normalized spacial score (nSPS) is 10.5. The van der Waals surface area contributed by atoms with E-state index < -0.39 is 0 Å². The van der Waals surface area contributed by atoms with Crippen molar-refractivity contribution in [1.29, 1.82) is 0 Å². The van der Waals surface area contributed by atoms with Crippen molar-refractivity contribution in [2.75, 3.05) is 5.32 Å². The van der Waals surface area contributed by atoms with Crippen LogP contribution in [0.4, 0.5) is 5.82 Å². The fourth-order valence-corrected chi connectivity index (χ4v) is 2.00. The molecule has 1 aromatic carbocycles. The van der Waals surface area contributed by atoms with Crippen LogP contribution in [0.3, 0.4) is 0 Å². The van der Waals surface area contributed by atoms with Crippen LogP contribution in [0.2, 0.25) is 5.02 Å². The van der Waals surface area contributed by atoms with E-state index in [-0.39, 0.29) is 12.0 Å². The molecule has 1 N–H and O–H groups in total. The molecule has 0 aliphatic heterocycles. The molecule has 0 aliphatic rings. The summed E-state index contributed by atoms with van der Waals surface area (Å²) in [5.74, 6) is 0.696. The number of carbonyl (C=O) groups is 1. The van der Waals surface area contributed by atoms with E-state index >= 15 is 0 Å². The number of rotatable bonds is 4. The lowest BCUT2D eigenvalue weighted by Gasteiger charge is -2.14. The third kappa shape index (κ3) is 4.20. The first-order valence-corrected chi connectivity index (χ1v) is 7.03. The van der Waals surface area contributed by atoms with Gasteiger partial charge in [-0.15, -0.1) is 0 Å². The predicted molar refractivity (Wildman–Crippen MR) is 84.1 cm³/mol. The summed E-state index contributed by atoms with van der Waals surface area (Å²) in [6, 6.07) is 8.64. The van der Waals surface area contributed by atoms with Gasteiger partial charge in [-0.2, -0.15) is 0 Å². The van der Waals surface area contributed by atoms with E-state index in [2.05, 4.69) is 10.3 Å². The number of halogens is 1. The van der Waals surface area contributed by atoms with Crippen LogP contribution >= 0.6 is 11.6 Å². The molecule has 2 aromatic rings. The van der Waals surface area contributed by atoms with Crippen molar-refractivity contribution in [2.45, 2.75) is 26.9 Å². The molecule has 1 amide bonds. The monoisotopic (exact) mass is 304 g/mol. The SMILES string of the molecule is Cc1ccnc(NC(=O)c2cc(Cl)ccc2OC(C)C)c1. The third-order valence-corrected chi connectivity index (χ3v) is 2.94. The summed E-state index contributed by atoms with van der Waals surface area (Å²) in [6.45, 7) is 5.74. The minimum Gasteiger partial charge on any atom is -0.490 e. The number of ether oxygens (including phenoxy) is 1. The van der Waals surface area contributed by atoms with Crippen LogP contribution in [0.15, 0.2) is 36.5 Å². The highest BCUT2D eigenvalue weighted by Crippen LogP contribution is 2.25. The van der Waals surface area contributed by atoms with Crippen molar-refractivity contribution >= 4 is 23.3 Å². The van der Waals surface area contributed by atoms with Crippen LogP contribution in [0.25, 0.3) is 0 Å². The molecule has 2 rings (SSSR count). The maximum absolute atomic E-state index is 12.4. The van der Waals surface area contributed by atoms with Gasteiger partial charge in [0.25, 0.3) is 5.91 Å². The number of anilines is 1. The Morgan fingerprint density at radius 3 is 2.71 bits per heavy atom. The smallest absolute Gasteiger partial charge is 0.260 e. The van der Waals surface area contributed by atoms with E-state index in [1.54, 1.807) is 30.5 Å². The molecule has 0 fully saturated rings. The second kappa shape index (κ2) is 6.59.